The Balaban J connectivity index is 0.747. The topological polar surface area (TPSA) is 16.3 Å². The lowest BCUT2D eigenvalue weighted by Crippen LogP contribution is -2.10. The summed E-state index contributed by atoms with van der Waals surface area (Å²) >= 11 is 0. The third-order valence-corrected chi connectivity index (χ3v) is 17.9. The zero-order chi connectivity index (χ0) is 56.7. The average molecular weight is 1100 g/mol. The molecule has 1 aliphatic carbocycles. The van der Waals surface area contributed by atoms with Gasteiger partial charge in [0, 0.05) is 67.1 Å². The first kappa shape index (κ1) is 49.4. The number of aromatic nitrogens is 2. The Bertz CT molecular complexity index is 5280. The molecule has 0 atom stereocenters. The van der Waals surface area contributed by atoms with Gasteiger partial charge in [0.2, 0.25) is 0 Å². The van der Waals surface area contributed by atoms with Gasteiger partial charge in [-0.15, -0.1) is 0 Å². The van der Waals surface area contributed by atoms with E-state index in [4.69, 9.17) is 0 Å². The molecule has 0 amide bonds. The van der Waals surface area contributed by atoms with Crippen molar-refractivity contribution in [2.45, 2.75) is 12.8 Å². The minimum atomic E-state index is 0.991. The minimum Gasteiger partial charge on any atom is -0.313 e. The maximum Gasteiger partial charge on any atom is 0.0542 e. The van der Waals surface area contributed by atoms with Crippen molar-refractivity contribution in [3.05, 3.63) is 321 Å². The van der Waals surface area contributed by atoms with Gasteiger partial charge in [-0.05, 0) is 194 Å². The van der Waals surface area contributed by atoms with E-state index in [1.807, 2.05) is 0 Å². The molecule has 0 unspecified atom stereocenters. The smallest absolute Gasteiger partial charge is 0.0542 e. The van der Waals surface area contributed by atoms with Gasteiger partial charge in [0.25, 0.3) is 0 Å². The summed E-state index contributed by atoms with van der Waals surface area (Å²) in [6.45, 7) is 0. The molecule has 2 aromatic heterocycles. The Morgan fingerprint density at radius 3 is 1.21 bits per heavy atom. The lowest BCUT2D eigenvalue weighted by molar-refractivity contribution is 0.947. The Labute approximate surface area is 499 Å². The van der Waals surface area contributed by atoms with Crippen molar-refractivity contribution in [1.82, 2.24) is 9.13 Å². The van der Waals surface area contributed by atoms with E-state index in [1.54, 1.807) is 0 Å². The van der Waals surface area contributed by atoms with Crippen LogP contribution in [-0.4, -0.2) is 9.13 Å². The molecule has 0 spiro atoms. The fourth-order valence-electron chi connectivity index (χ4n) is 14.1. The van der Waals surface area contributed by atoms with E-state index >= 15 is 0 Å². The van der Waals surface area contributed by atoms with Crippen molar-refractivity contribution in [3.8, 4) is 27.9 Å². The molecule has 0 saturated heterocycles. The highest BCUT2D eigenvalue weighted by Gasteiger charge is 2.23. The van der Waals surface area contributed by atoms with Crippen molar-refractivity contribution in [2.24, 2.45) is 0 Å². The largest absolute Gasteiger partial charge is 0.313 e. The molecule has 2 heterocycles. The van der Waals surface area contributed by atoms with Crippen LogP contribution in [0.1, 0.15) is 17.5 Å². The summed E-state index contributed by atoms with van der Waals surface area (Å²) in [5.41, 5.74) is 21.4. The van der Waals surface area contributed by atoms with Crippen molar-refractivity contribution < 1.29 is 0 Å². The lowest BCUT2D eigenvalue weighted by atomic mass is 9.86. The first-order chi connectivity index (χ1) is 42.7. The molecule has 0 N–H and O–H groups in total. The van der Waals surface area contributed by atoms with Crippen LogP contribution in [-0.2, 0) is 6.42 Å². The molecular formula is C82H56N4. The molecule has 17 rings (SSSR count). The number of benzene rings is 14. The number of rotatable bonds is 10. The Hall–Kier alpha value is -11.2. The predicted octanol–water partition coefficient (Wildman–Crippen LogP) is 22.6. The summed E-state index contributed by atoms with van der Waals surface area (Å²) in [5.74, 6) is 0. The average Bonchev–Trinajstić information content (AvgIpc) is 1.50. The number of allylic oxidation sites excluding steroid dienone is 1. The van der Waals surface area contributed by atoms with Crippen molar-refractivity contribution >= 4 is 122 Å². The molecule has 4 heteroatoms. The summed E-state index contributed by atoms with van der Waals surface area (Å²) in [5, 5.41) is 12.3. The molecule has 1 aliphatic rings. The van der Waals surface area contributed by atoms with Crippen LogP contribution < -0.4 is 9.80 Å². The third kappa shape index (κ3) is 8.13. The van der Waals surface area contributed by atoms with E-state index in [0.29, 0.717) is 0 Å². The van der Waals surface area contributed by atoms with E-state index in [1.165, 1.54) is 115 Å². The number of hydrogen-bond acceptors (Lipinski definition) is 2. The van der Waals surface area contributed by atoms with Crippen LogP contribution in [0, 0.1) is 0 Å². The molecule has 0 saturated carbocycles. The quantitative estimate of drug-likeness (QED) is 0.127. The highest BCUT2D eigenvalue weighted by Crippen LogP contribution is 2.47. The zero-order valence-corrected chi connectivity index (χ0v) is 47.2. The normalized spacial score (nSPS) is 12.4. The second kappa shape index (κ2) is 20.3. The standard InChI is InChI=1S/C82H56N4/c1-3-23-61(24-4-1)83(67-47-49-79-75(53-67)69-27-15-17-33-77(69)85(79)65-45-35-55-19-7-9-21-59(55)51-65)63-41-37-57(38-42-63)81-71-29-11-13-31-73(71)82(74-32-14-12-30-72(74)81)58-39-43-64(44-40-58)84(62-25-5-2-6-26-62)68-48-50-80-76(54-68)70-28-16-18-34-78(70)86(80)66-46-36-56-20-8-10-22-60(56)52-66/h1-35,37-45,47-54H,36,46H2. The zero-order valence-electron chi connectivity index (χ0n) is 47.2. The van der Waals surface area contributed by atoms with Crippen LogP contribution in [0.3, 0.4) is 0 Å². The summed E-state index contributed by atoms with van der Waals surface area (Å²) in [6.07, 6.45) is 4.42. The van der Waals surface area contributed by atoms with Gasteiger partial charge in [-0.2, -0.15) is 0 Å². The van der Waals surface area contributed by atoms with Crippen molar-refractivity contribution in [3.63, 3.8) is 0 Å². The van der Waals surface area contributed by atoms with Gasteiger partial charge in [-0.3, -0.25) is 0 Å². The summed E-state index contributed by atoms with van der Waals surface area (Å²) in [6, 6.07) is 114. The van der Waals surface area contributed by atoms with Crippen LogP contribution in [0.15, 0.2) is 309 Å². The van der Waals surface area contributed by atoms with Crippen LogP contribution in [0.25, 0.3) is 116 Å². The van der Waals surface area contributed by atoms with E-state index in [-0.39, 0.29) is 0 Å². The van der Waals surface area contributed by atoms with Gasteiger partial charge in [0.15, 0.2) is 0 Å². The molecule has 404 valence electrons. The second-order valence-corrected chi connectivity index (χ2v) is 22.8. The fraction of sp³-hybridized carbons (Fsp3) is 0.0244. The van der Waals surface area contributed by atoms with Crippen LogP contribution in [0.2, 0.25) is 0 Å². The molecule has 14 aromatic carbocycles. The molecule has 4 nitrogen and oxygen atoms in total. The van der Waals surface area contributed by atoms with Gasteiger partial charge < -0.3 is 18.9 Å². The van der Waals surface area contributed by atoms with Gasteiger partial charge in [-0.1, -0.05) is 200 Å². The number of para-hydroxylation sites is 4. The summed E-state index contributed by atoms with van der Waals surface area (Å²) < 4.78 is 4.91. The van der Waals surface area contributed by atoms with Crippen molar-refractivity contribution in [1.29, 1.82) is 0 Å². The summed E-state index contributed by atoms with van der Waals surface area (Å²) in [4.78, 5) is 4.79. The van der Waals surface area contributed by atoms with Crippen molar-refractivity contribution in [2.75, 3.05) is 9.80 Å². The monoisotopic (exact) mass is 1100 g/mol. The highest BCUT2D eigenvalue weighted by molar-refractivity contribution is 6.22. The first-order valence-corrected chi connectivity index (χ1v) is 29.9. The molecule has 16 aromatic rings. The molecule has 0 fully saturated rings. The molecule has 0 bridgehead atoms. The van der Waals surface area contributed by atoms with Crippen LogP contribution >= 0.6 is 0 Å². The van der Waals surface area contributed by atoms with Gasteiger partial charge >= 0.3 is 0 Å². The number of hydrogen-bond donors (Lipinski definition) is 0. The van der Waals surface area contributed by atoms with Crippen LogP contribution in [0.5, 0.6) is 0 Å². The predicted molar refractivity (Wildman–Crippen MR) is 365 cm³/mol. The van der Waals surface area contributed by atoms with Crippen LogP contribution in [0.4, 0.5) is 34.1 Å². The molecule has 0 radical (unpaired) electrons. The van der Waals surface area contributed by atoms with Gasteiger partial charge in [-0.25, -0.2) is 0 Å². The number of anilines is 6. The number of fused-ring (bicyclic) bond motifs is 10. The Morgan fingerprint density at radius 2 is 0.663 bits per heavy atom. The van der Waals surface area contributed by atoms with E-state index < -0.39 is 0 Å². The SMILES string of the molecule is C1=C(n2c3ccccc3c3cc(N(c4ccccc4)c4ccc(-c5c6ccccc6c(-c6ccc(N(c7ccccc7)c7ccc8c(c7)c7ccccc7n8-c7ccc8ccccc8c7)cc6)c6ccccc56)cc4)ccc32)CCc2ccccc21. The number of nitrogens with zero attached hydrogens (tertiary/aromatic N) is 4. The first-order valence-electron chi connectivity index (χ1n) is 29.9. The Morgan fingerprint density at radius 1 is 0.256 bits per heavy atom. The van der Waals surface area contributed by atoms with E-state index in [2.05, 4.69) is 334 Å². The van der Waals surface area contributed by atoms with E-state index in [0.717, 1.165) is 52.7 Å². The second-order valence-electron chi connectivity index (χ2n) is 22.8. The fourth-order valence-corrected chi connectivity index (χ4v) is 14.1. The number of aryl methyl sites for hydroxylation is 1. The maximum absolute atomic E-state index is 2.50. The summed E-state index contributed by atoms with van der Waals surface area (Å²) in [7, 11) is 0. The maximum atomic E-state index is 2.50. The molecule has 0 aliphatic heterocycles. The molecular weight excluding hydrogens is 1040 g/mol. The van der Waals surface area contributed by atoms with Gasteiger partial charge in [0.05, 0.1) is 22.1 Å². The van der Waals surface area contributed by atoms with Gasteiger partial charge in [0.1, 0.15) is 0 Å². The highest BCUT2D eigenvalue weighted by atomic mass is 15.1. The van der Waals surface area contributed by atoms with E-state index in [9.17, 15) is 0 Å². The molecule has 86 heavy (non-hydrogen) atoms. The third-order valence-electron chi connectivity index (χ3n) is 17.9. The lowest BCUT2D eigenvalue weighted by Gasteiger charge is -2.26. The Kier molecular flexibility index (Phi) is 11.7. The minimum absolute atomic E-state index is 0.991.